The maximum atomic E-state index is 5.27. The van der Waals surface area contributed by atoms with Crippen molar-refractivity contribution in [2.75, 3.05) is 7.11 Å². The number of benzene rings is 1. The number of aliphatic imine (C=N–C) groups is 1. The van der Waals surface area contributed by atoms with E-state index in [9.17, 15) is 0 Å². The summed E-state index contributed by atoms with van der Waals surface area (Å²) in [5.74, 6) is 1.35. The molecule has 0 N–H and O–H groups in total. The topological polar surface area (TPSA) is 65.2 Å². The van der Waals surface area contributed by atoms with E-state index in [0.717, 1.165) is 28.5 Å². The zero-order chi connectivity index (χ0) is 14.9. The van der Waals surface area contributed by atoms with Gasteiger partial charge in [0.05, 0.1) is 18.5 Å². The van der Waals surface area contributed by atoms with Gasteiger partial charge in [0.15, 0.2) is 5.82 Å². The van der Waals surface area contributed by atoms with Crippen molar-refractivity contribution in [3.8, 4) is 11.6 Å². The zero-order valence-electron chi connectivity index (χ0n) is 12.0. The van der Waals surface area contributed by atoms with Gasteiger partial charge < -0.3 is 4.74 Å². The first-order valence-electron chi connectivity index (χ1n) is 6.91. The van der Waals surface area contributed by atoms with E-state index in [4.69, 9.17) is 9.73 Å². The molecule has 0 saturated heterocycles. The summed E-state index contributed by atoms with van der Waals surface area (Å²) in [5.41, 5.74) is 3.52. The van der Waals surface area contributed by atoms with Gasteiger partial charge in [0.2, 0.25) is 5.88 Å². The molecule has 6 nitrogen and oxygen atoms in total. The Balaban J connectivity index is 1.98. The third kappa shape index (κ3) is 1.96. The third-order valence-electron chi connectivity index (χ3n) is 3.59. The molecule has 1 aliphatic rings. The van der Waals surface area contributed by atoms with Crippen LogP contribution in [0.1, 0.15) is 17.1 Å². The molecule has 0 radical (unpaired) electrons. The summed E-state index contributed by atoms with van der Waals surface area (Å²) in [4.78, 5) is 9.30. The molecular formula is C16H13N5O. The van der Waals surface area contributed by atoms with Crippen molar-refractivity contribution in [3.05, 3.63) is 65.9 Å². The number of hydrogen-bond donors (Lipinski definition) is 0. The summed E-state index contributed by atoms with van der Waals surface area (Å²) in [6.07, 6.45) is 1.69. The molecule has 0 unspecified atom stereocenters. The van der Waals surface area contributed by atoms with Gasteiger partial charge in [0.25, 0.3) is 0 Å². The van der Waals surface area contributed by atoms with Crippen LogP contribution in [0.25, 0.3) is 5.69 Å². The van der Waals surface area contributed by atoms with Crippen molar-refractivity contribution in [3.63, 3.8) is 0 Å². The second kappa shape index (κ2) is 5.07. The van der Waals surface area contributed by atoms with Crippen LogP contribution in [0.4, 0.5) is 0 Å². The summed E-state index contributed by atoms with van der Waals surface area (Å²) in [5, 5.41) is 8.10. The van der Waals surface area contributed by atoms with Gasteiger partial charge in [-0.15, -0.1) is 10.2 Å². The number of rotatable bonds is 2. The normalized spacial score (nSPS) is 12.9. The van der Waals surface area contributed by atoms with Crippen LogP contribution < -0.4 is 4.74 Å². The van der Waals surface area contributed by atoms with E-state index >= 15 is 0 Å². The molecule has 3 aromatic rings. The number of nitrogens with zero attached hydrogens (tertiary/aromatic N) is 5. The minimum Gasteiger partial charge on any atom is -0.481 e. The fraction of sp³-hybridized carbons (Fsp3) is 0.125. The van der Waals surface area contributed by atoms with E-state index in [2.05, 4.69) is 15.2 Å². The minimum absolute atomic E-state index is 0.461. The van der Waals surface area contributed by atoms with E-state index in [0.29, 0.717) is 12.4 Å². The Morgan fingerprint density at radius 3 is 2.77 bits per heavy atom. The lowest BCUT2D eigenvalue weighted by Crippen LogP contribution is -2.10. The summed E-state index contributed by atoms with van der Waals surface area (Å²) in [6, 6.07) is 13.8. The standard InChI is InChI=1S/C16H13N5O/c1-22-14-8-7-12-16(19-14)15(11-5-3-2-4-6-11)17-9-13-20-18-10-21(12)13/h2-8,10H,9H2,1H3. The number of fused-ring (bicyclic) bond motifs is 3. The molecule has 2 aromatic heterocycles. The molecule has 0 aliphatic carbocycles. The number of hydrogen-bond acceptors (Lipinski definition) is 5. The fourth-order valence-corrected chi connectivity index (χ4v) is 2.53. The molecule has 0 spiro atoms. The quantitative estimate of drug-likeness (QED) is 0.724. The van der Waals surface area contributed by atoms with Gasteiger partial charge in [-0.1, -0.05) is 30.3 Å². The van der Waals surface area contributed by atoms with Gasteiger partial charge in [-0.05, 0) is 6.07 Å². The lowest BCUT2D eigenvalue weighted by molar-refractivity contribution is 0.397. The minimum atomic E-state index is 0.461. The molecule has 0 bridgehead atoms. The maximum absolute atomic E-state index is 5.27. The van der Waals surface area contributed by atoms with E-state index < -0.39 is 0 Å². The van der Waals surface area contributed by atoms with Gasteiger partial charge >= 0.3 is 0 Å². The molecule has 1 aromatic carbocycles. The molecule has 0 amide bonds. The summed E-state index contributed by atoms with van der Waals surface area (Å²) < 4.78 is 7.19. The number of methoxy groups -OCH3 is 1. The molecule has 0 saturated carbocycles. The number of ether oxygens (including phenoxy) is 1. The van der Waals surface area contributed by atoms with Gasteiger partial charge in [0, 0.05) is 11.6 Å². The van der Waals surface area contributed by atoms with E-state index in [-0.39, 0.29) is 0 Å². The second-order valence-electron chi connectivity index (χ2n) is 4.87. The van der Waals surface area contributed by atoms with E-state index in [1.165, 1.54) is 0 Å². The van der Waals surface area contributed by atoms with Gasteiger partial charge in [-0.25, -0.2) is 4.98 Å². The Morgan fingerprint density at radius 1 is 1.09 bits per heavy atom. The fourth-order valence-electron chi connectivity index (χ4n) is 2.53. The summed E-state index contributed by atoms with van der Waals surface area (Å²) in [7, 11) is 1.61. The van der Waals surface area contributed by atoms with Crippen LogP contribution in [0, 0.1) is 0 Å². The highest BCUT2D eigenvalue weighted by molar-refractivity contribution is 6.14. The molecule has 108 valence electrons. The lowest BCUT2D eigenvalue weighted by Gasteiger charge is -2.11. The second-order valence-corrected chi connectivity index (χ2v) is 4.87. The van der Waals surface area contributed by atoms with Crippen LogP contribution in [0.3, 0.4) is 0 Å². The molecule has 22 heavy (non-hydrogen) atoms. The Kier molecular flexibility index (Phi) is 2.93. The highest BCUT2D eigenvalue weighted by atomic mass is 16.5. The predicted molar refractivity (Wildman–Crippen MR) is 81.5 cm³/mol. The molecule has 4 rings (SSSR count). The first-order chi connectivity index (χ1) is 10.9. The van der Waals surface area contributed by atoms with Crippen LogP contribution in [0.5, 0.6) is 5.88 Å². The Labute approximate surface area is 127 Å². The molecular weight excluding hydrogens is 278 g/mol. The highest BCUT2D eigenvalue weighted by Gasteiger charge is 2.21. The van der Waals surface area contributed by atoms with Crippen LogP contribution in [0.15, 0.2) is 53.8 Å². The average molecular weight is 291 g/mol. The van der Waals surface area contributed by atoms with Crippen molar-refractivity contribution in [1.29, 1.82) is 0 Å². The van der Waals surface area contributed by atoms with E-state index in [1.54, 1.807) is 13.4 Å². The number of pyridine rings is 1. The monoisotopic (exact) mass is 291 g/mol. The predicted octanol–water partition coefficient (Wildman–Crippen LogP) is 2.02. The first-order valence-corrected chi connectivity index (χ1v) is 6.91. The van der Waals surface area contributed by atoms with Crippen molar-refractivity contribution in [2.45, 2.75) is 6.54 Å². The van der Waals surface area contributed by atoms with Gasteiger partial charge in [-0.3, -0.25) is 9.56 Å². The Morgan fingerprint density at radius 2 is 1.95 bits per heavy atom. The number of aromatic nitrogens is 4. The van der Waals surface area contributed by atoms with Crippen LogP contribution >= 0.6 is 0 Å². The van der Waals surface area contributed by atoms with Crippen molar-refractivity contribution < 1.29 is 4.74 Å². The molecule has 0 fully saturated rings. The summed E-state index contributed by atoms with van der Waals surface area (Å²) >= 11 is 0. The van der Waals surface area contributed by atoms with Gasteiger partial charge in [-0.2, -0.15) is 0 Å². The van der Waals surface area contributed by atoms with Crippen molar-refractivity contribution >= 4 is 5.71 Å². The molecule has 0 atom stereocenters. The first kappa shape index (κ1) is 12.7. The molecule has 3 heterocycles. The lowest BCUT2D eigenvalue weighted by atomic mass is 10.1. The largest absolute Gasteiger partial charge is 0.481 e. The Bertz CT molecular complexity index is 854. The smallest absolute Gasteiger partial charge is 0.213 e. The van der Waals surface area contributed by atoms with Crippen molar-refractivity contribution in [1.82, 2.24) is 19.7 Å². The maximum Gasteiger partial charge on any atom is 0.213 e. The Hall–Kier alpha value is -3.02. The summed E-state index contributed by atoms with van der Waals surface area (Å²) in [6.45, 7) is 0.461. The van der Waals surface area contributed by atoms with E-state index in [1.807, 2.05) is 47.0 Å². The van der Waals surface area contributed by atoms with Crippen molar-refractivity contribution in [2.24, 2.45) is 4.99 Å². The van der Waals surface area contributed by atoms with Crippen LogP contribution in [-0.2, 0) is 6.54 Å². The third-order valence-corrected chi connectivity index (χ3v) is 3.59. The molecule has 1 aliphatic heterocycles. The SMILES string of the molecule is COc1ccc2c(n1)C(c1ccccc1)=NCc1nncn1-2. The zero-order valence-corrected chi connectivity index (χ0v) is 12.0. The average Bonchev–Trinajstić information content (AvgIpc) is 2.98. The highest BCUT2D eigenvalue weighted by Crippen LogP contribution is 2.24. The molecule has 6 heteroatoms. The van der Waals surface area contributed by atoms with Crippen LogP contribution in [0.2, 0.25) is 0 Å². The van der Waals surface area contributed by atoms with Gasteiger partial charge in [0.1, 0.15) is 18.6 Å². The van der Waals surface area contributed by atoms with Crippen LogP contribution in [-0.4, -0.2) is 32.6 Å².